The zero-order valence-electron chi connectivity index (χ0n) is 28.6. The van der Waals surface area contributed by atoms with Crippen LogP contribution in [-0.2, 0) is 32.1 Å². The molecule has 0 aromatic heterocycles. The van der Waals surface area contributed by atoms with Crippen LogP contribution in [0.5, 0.6) is 0 Å². The summed E-state index contributed by atoms with van der Waals surface area (Å²) in [6.45, 7) is 4.75. The lowest BCUT2D eigenvalue weighted by Gasteiger charge is -2.42. The number of nitrogens with zero attached hydrogens (tertiary/aromatic N) is 2. The fourth-order valence-corrected chi connectivity index (χ4v) is 7.50. The van der Waals surface area contributed by atoms with Crippen molar-refractivity contribution in [3.8, 4) is 11.1 Å². The van der Waals surface area contributed by atoms with Crippen molar-refractivity contribution in [2.24, 2.45) is 5.92 Å². The van der Waals surface area contributed by atoms with E-state index >= 15 is 0 Å². The smallest absolute Gasteiger partial charge is 0.246 e. The number of piperazine rings is 1. The number of ether oxygens (including phenoxy) is 1. The zero-order chi connectivity index (χ0) is 34.3. The van der Waals surface area contributed by atoms with Gasteiger partial charge in [0.15, 0.2) is 0 Å². The molecule has 9 heteroatoms. The van der Waals surface area contributed by atoms with Gasteiger partial charge in [-0.3, -0.25) is 14.4 Å². The van der Waals surface area contributed by atoms with E-state index in [2.05, 4.69) is 64.5 Å². The van der Waals surface area contributed by atoms with Crippen LogP contribution in [0.1, 0.15) is 30.4 Å². The summed E-state index contributed by atoms with van der Waals surface area (Å²) in [4.78, 5) is 46.1. The predicted octanol–water partition coefficient (Wildman–Crippen LogP) is 4.15. The summed E-state index contributed by atoms with van der Waals surface area (Å²) in [5.74, 6) is -0.0746. The van der Waals surface area contributed by atoms with Gasteiger partial charge in [-0.1, -0.05) is 97.1 Å². The van der Waals surface area contributed by atoms with Crippen LogP contribution in [0.25, 0.3) is 21.9 Å². The summed E-state index contributed by atoms with van der Waals surface area (Å²) < 4.78 is 5.89. The van der Waals surface area contributed by atoms with Crippen molar-refractivity contribution in [1.29, 1.82) is 0 Å². The van der Waals surface area contributed by atoms with Crippen LogP contribution >= 0.6 is 0 Å². The molecule has 0 bridgehead atoms. The van der Waals surface area contributed by atoms with Crippen molar-refractivity contribution < 1.29 is 19.1 Å². The highest BCUT2D eigenvalue weighted by Crippen LogP contribution is 2.25. The number of hydrogen-bond acceptors (Lipinski definition) is 6. The average Bonchev–Trinajstić information content (AvgIpc) is 3.16. The van der Waals surface area contributed by atoms with Gasteiger partial charge in [-0.05, 0) is 64.9 Å². The summed E-state index contributed by atoms with van der Waals surface area (Å²) in [5.41, 5.74) is 4.11. The molecule has 260 valence electrons. The number of piperidine rings is 1. The minimum atomic E-state index is -0.819. The lowest BCUT2D eigenvalue weighted by atomic mass is 9.95. The Morgan fingerprint density at radius 2 is 1.50 bits per heavy atom. The molecule has 7 rings (SSSR count). The van der Waals surface area contributed by atoms with Gasteiger partial charge in [0, 0.05) is 32.6 Å². The Hall–Kier alpha value is -4.57. The second kappa shape index (κ2) is 16.0. The van der Waals surface area contributed by atoms with Crippen molar-refractivity contribution >= 4 is 28.5 Å². The molecule has 1 unspecified atom stereocenters. The van der Waals surface area contributed by atoms with Gasteiger partial charge in [0.2, 0.25) is 17.7 Å². The number of fused-ring (bicyclic) bond motifs is 1. The maximum Gasteiger partial charge on any atom is 0.246 e. The maximum atomic E-state index is 14.5. The van der Waals surface area contributed by atoms with E-state index in [9.17, 15) is 14.4 Å². The predicted molar refractivity (Wildman–Crippen MR) is 195 cm³/mol. The summed E-state index contributed by atoms with van der Waals surface area (Å²) >= 11 is 0. The highest BCUT2D eigenvalue weighted by atomic mass is 16.5. The number of amides is 3. The summed E-state index contributed by atoms with van der Waals surface area (Å²) in [7, 11) is 0. The van der Waals surface area contributed by atoms with Gasteiger partial charge in [-0.2, -0.15) is 0 Å². The molecule has 3 heterocycles. The van der Waals surface area contributed by atoms with E-state index in [0.29, 0.717) is 32.0 Å². The molecular weight excluding hydrogens is 626 g/mol. The topological polar surface area (TPSA) is 103 Å². The maximum absolute atomic E-state index is 14.5. The van der Waals surface area contributed by atoms with Crippen molar-refractivity contribution in [2.45, 2.75) is 50.4 Å². The first kappa shape index (κ1) is 33.9. The minimum absolute atomic E-state index is 0.0390. The van der Waals surface area contributed by atoms with Crippen LogP contribution in [0.4, 0.5) is 0 Å². The van der Waals surface area contributed by atoms with Gasteiger partial charge < -0.3 is 30.5 Å². The van der Waals surface area contributed by atoms with Gasteiger partial charge in [-0.25, -0.2) is 0 Å². The SMILES string of the molecule is O=C1N[C@@H](Cc2ccc3ccccc3c2)C(=O)N(Cc2ccc(-c3ccccc3)cc2)[C@H]1CN(CC1CCNCC1)C(=O)CC1CNCCO1. The standard InChI is InChI=1S/C41H47N5O4/c47-39(24-36-25-43-20-21-50-36)45(26-30-16-18-42-19-17-30)28-38-40(48)44-37(23-31-12-15-33-8-4-5-9-35(33)22-31)41(49)46(38)27-29-10-13-34(14-11-29)32-6-2-1-3-7-32/h1-15,22,30,36-38,42-43H,16-21,23-28H2,(H,44,48)/t36?,37-,38-/m0/s1. The lowest BCUT2D eigenvalue weighted by Crippen LogP contribution is -2.66. The molecule has 0 radical (unpaired) electrons. The molecule has 3 N–H and O–H groups in total. The molecular formula is C41H47N5O4. The Labute approximate surface area is 294 Å². The molecule has 3 atom stereocenters. The highest BCUT2D eigenvalue weighted by molar-refractivity contribution is 5.97. The van der Waals surface area contributed by atoms with Crippen LogP contribution in [0, 0.1) is 5.92 Å². The highest BCUT2D eigenvalue weighted by Gasteiger charge is 2.42. The van der Waals surface area contributed by atoms with E-state index in [-0.39, 0.29) is 43.3 Å². The zero-order valence-corrected chi connectivity index (χ0v) is 28.6. The molecule has 0 spiro atoms. The third-order valence-electron chi connectivity index (χ3n) is 10.3. The molecule has 0 aliphatic carbocycles. The van der Waals surface area contributed by atoms with Crippen LogP contribution < -0.4 is 16.0 Å². The molecule has 3 saturated heterocycles. The van der Waals surface area contributed by atoms with Crippen LogP contribution in [0.15, 0.2) is 97.1 Å². The normalized spacial score (nSPS) is 21.6. The number of morpholine rings is 1. The Morgan fingerprint density at radius 3 is 2.26 bits per heavy atom. The van der Waals surface area contributed by atoms with Crippen molar-refractivity contribution in [3.05, 3.63) is 108 Å². The quantitative estimate of drug-likeness (QED) is 0.221. The molecule has 3 fully saturated rings. The lowest BCUT2D eigenvalue weighted by molar-refractivity contribution is -0.152. The van der Waals surface area contributed by atoms with Gasteiger partial charge in [0.1, 0.15) is 12.1 Å². The largest absolute Gasteiger partial charge is 0.375 e. The summed E-state index contributed by atoms with van der Waals surface area (Å²) in [5, 5.41) is 12.0. The van der Waals surface area contributed by atoms with E-state index < -0.39 is 12.1 Å². The molecule has 3 aliphatic heterocycles. The van der Waals surface area contributed by atoms with Crippen LogP contribution in [0.3, 0.4) is 0 Å². The van der Waals surface area contributed by atoms with Crippen molar-refractivity contribution in [3.63, 3.8) is 0 Å². The first-order chi connectivity index (χ1) is 24.5. The molecule has 3 amide bonds. The molecule has 4 aromatic rings. The van der Waals surface area contributed by atoms with Gasteiger partial charge in [0.05, 0.1) is 25.7 Å². The van der Waals surface area contributed by atoms with Crippen molar-refractivity contribution in [2.75, 3.05) is 45.9 Å². The van der Waals surface area contributed by atoms with E-state index in [0.717, 1.165) is 65.5 Å². The molecule has 4 aromatic carbocycles. The number of rotatable bonds is 11. The number of carbonyl (C=O) groups excluding carboxylic acids is 3. The molecule has 9 nitrogen and oxygen atoms in total. The van der Waals surface area contributed by atoms with E-state index in [1.165, 1.54) is 0 Å². The first-order valence-electron chi connectivity index (χ1n) is 18.0. The van der Waals surface area contributed by atoms with Crippen molar-refractivity contribution in [1.82, 2.24) is 25.8 Å². The average molecular weight is 674 g/mol. The van der Waals surface area contributed by atoms with E-state index in [1.807, 2.05) is 53.4 Å². The minimum Gasteiger partial charge on any atom is -0.375 e. The Balaban J connectivity index is 1.15. The summed E-state index contributed by atoms with van der Waals surface area (Å²) in [6, 6.07) is 31.2. The third kappa shape index (κ3) is 8.24. The summed E-state index contributed by atoms with van der Waals surface area (Å²) in [6.07, 6.45) is 2.35. The number of nitrogens with one attached hydrogen (secondary N) is 3. The monoisotopic (exact) mass is 673 g/mol. The van der Waals surface area contributed by atoms with E-state index in [1.54, 1.807) is 4.90 Å². The Kier molecular flexibility index (Phi) is 10.8. The van der Waals surface area contributed by atoms with Gasteiger partial charge >= 0.3 is 0 Å². The second-order valence-electron chi connectivity index (χ2n) is 13.9. The number of benzene rings is 4. The third-order valence-corrected chi connectivity index (χ3v) is 10.3. The number of hydrogen-bond donors (Lipinski definition) is 3. The van der Waals surface area contributed by atoms with E-state index in [4.69, 9.17) is 4.74 Å². The van der Waals surface area contributed by atoms with Crippen LogP contribution in [0.2, 0.25) is 0 Å². The fourth-order valence-electron chi connectivity index (χ4n) is 7.50. The Bertz CT molecular complexity index is 1770. The fraction of sp³-hybridized carbons (Fsp3) is 0.390. The second-order valence-corrected chi connectivity index (χ2v) is 13.9. The van der Waals surface area contributed by atoms with Gasteiger partial charge in [-0.15, -0.1) is 0 Å². The van der Waals surface area contributed by atoms with Crippen LogP contribution in [-0.4, -0.2) is 91.6 Å². The first-order valence-corrected chi connectivity index (χ1v) is 18.0. The van der Waals surface area contributed by atoms with Gasteiger partial charge in [0.25, 0.3) is 0 Å². The Morgan fingerprint density at radius 1 is 0.780 bits per heavy atom. The molecule has 0 saturated carbocycles. The number of carbonyl (C=O) groups is 3. The molecule has 50 heavy (non-hydrogen) atoms. The molecule has 3 aliphatic rings.